The van der Waals surface area contributed by atoms with E-state index in [4.69, 9.17) is 9.47 Å². The number of amides is 1. The lowest BCUT2D eigenvalue weighted by Gasteiger charge is -2.05. The van der Waals surface area contributed by atoms with E-state index in [0.29, 0.717) is 13.2 Å². The van der Waals surface area contributed by atoms with E-state index in [1.807, 2.05) is 7.05 Å². The Labute approximate surface area is 85.1 Å². The van der Waals surface area contributed by atoms with Crippen LogP contribution in [0.15, 0.2) is 0 Å². The lowest BCUT2D eigenvalue weighted by molar-refractivity contribution is 0.100. The zero-order valence-corrected chi connectivity index (χ0v) is 8.97. The molecule has 0 fully saturated rings. The van der Waals surface area contributed by atoms with E-state index in [1.165, 1.54) is 7.05 Å². The topological polar surface area (TPSA) is 59.6 Å². The van der Waals surface area contributed by atoms with Gasteiger partial charge < -0.3 is 20.1 Å². The maximum Gasteiger partial charge on any atom is 0.406 e. The second-order valence-electron chi connectivity index (χ2n) is 2.81. The lowest BCUT2D eigenvalue weighted by atomic mass is 10.4. The average Bonchev–Trinajstić information content (AvgIpc) is 2.21. The van der Waals surface area contributed by atoms with Crippen LogP contribution in [0.5, 0.6) is 0 Å². The van der Waals surface area contributed by atoms with Gasteiger partial charge in [0.25, 0.3) is 0 Å². The van der Waals surface area contributed by atoms with Crippen molar-refractivity contribution in [2.75, 3.05) is 40.5 Å². The molecule has 0 aliphatic heterocycles. The van der Waals surface area contributed by atoms with E-state index < -0.39 is 0 Å². The molecule has 0 aromatic heterocycles. The van der Waals surface area contributed by atoms with Gasteiger partial charge in [-0.1, -0.05) is 0 Å². The number of carbonyl (C=O) groups excluding carboxylic acids is 1. The van der Waals surface area contributed by atoms with E-state index in [0.717, 1.165) is 26.0 Å². The summed E-state index contributed by atoms with van der Waals surface area (Å²) in [6.07, 6.45) is 1.36. The summed E-state index contributed by atoms with van der Waals surface area (Å²) in [5.41, 5.74) is 0. The summed E-state index contributed by atoms with van der Waals surface area (Å²) in [5.74, 6) is 0. The second-order valence-corrected chi connectivity index (χ2v) is 2.81. The van der Waals surface area contributed by atoms with Gasteiger partial charge in [-0.05, 0) is 20.0 Å². The van der Waals surface area contributed by atoms with Crippen LogP contribution < -0.4 is 10.6 Å². The number of carbonyl (C=O) groups is 1. The normalized spacial score (nSPS) is 9.86. The fourth-order valence-corrected chi connectivity index (χ4v) is 0.851. The van der Waals surface area contributed by atoms with Crippen molar-refractivity contribution >= 4 is 6.09 Å². The highest BCUT2D eigenvalue weighted by Crippen LogP contribution is 1.87. The maximum atomic E-state index is 10.6. The van der Waals surface area contributed by atoms with Gasteiger partial charge in [0.1, 0.15) is 0 Å². The molecule has 2 N–H and O–H groups in total. The molecule has 0 aliphatic carbocycles. The highest BCUT2D eigenvalue weighted by atomic mass is 16.5. The van der Waals surface area contributed by atoms with Crippen molar-refractivity contribution in [3.8, 4) is 0 Å². The van der Waals surface area contributed by atoms with Gasteiger partial charge in [0.05, 0.1) is 6.61 Å². The maximum absolute atomic E-state index is 10.6. The van der Waals surface area contributed by atoms with E-state index in [1.54, 1.807) is 0 Å². The van der Waals surface area contributed by atoms with Crippen LogP contribution in [-0.4, -0.2) is 46.6 Å². The van der Waals surface area contributed by atoms with Crippen molar-refractivity contribution < 1.29 is 14.3 Å². The van der Waals surface area contributed by atoms with E-state index >= 15 is 0 Å². The predicted octanol–water partition coefficient (Wildman–Crippen LogP) is 0.359. The molecule has 0 rings (SSSR count). The first-order valence-corrected chi connectivity index (χ1v) is 4.88. The molecular weight excluding hydrogens is 184 g/mol. The lowest BCUT2D eigenvalue weighted by Crippen LogP contribution is -2.20. The molecule has 5 heteroatoms. The largest absolute Gasteiger partial charge is 0.449 e. The van der Waals surface area contributed by atoms with Crippen LogP contribution in [-0.2, 0) is 9.47 Å². The van der Waals surface area contributed by atoms with Crippen molar-refractivity contribution in [1.29, 1.82) is 0 Å². The molecule has 0 aliphatic rings. The Kier molecular flexibility index (Phi) is 9.68. The quantitative estimate of drug-likeness (QED) is 0.560. The van der Waals surface area contributed by atoms with Gasteiger partial charge in [0.15, 0.2) is 0 Å². The number of rotatable bonds is 8. The Hall–Kier alpha value is -0.810. The van der Waals surface area contributed by atoms with E-state index in [2.05, 4.69) is 10.6 Å². The molecule has 0 aromatic carbocycles. The number of hydrogen-bond acceptors (Lipinski definition) is 4. The van der Waals surface area contributed by atoms with Crippen LogP contribution in [0.3, 0.4) is 0 Å². The summed E-state index contributed by atoms with van der Waals surface area (Å²) in [6, 6.07) is 0. The van der Waals surface area contributed by atoms with Gasteiger partial charge in [0.2, 0.25) is 0 Å². The monoisotopic (exact) mass is 204 g/mol. The van der Waals surface area contributed by atoms with E-state index in [-0.39, 0.29) is 6.09 Å². The average molecular weight is 204 g/mol. The van der Waals surface area contributed by atoms with Crippen molar-refractivity contribution in [3.05, 3.63) is 0 Å². The number of hydrogen-bond donors (Lipinski definition) is 2. The van der Waals surface area contributed by atoms with Crippen LogP contribution in [0.1, 0.15) is 12.8 Å². The molecule has 0 saturated carbocycles. The summed E-state index contributed by atoms with van der Waals surface area (Å²) in [6.45, 7) is 2.77. The Balaban J connectivity index is 2.95. The first kappa shape index (κ1) is 13.2. The van der Waals surface area contributed by atoms with Gasteiger partial charge in [-0.2, -0.15) is 0 Å². The van der Waals surface area contributed by atoms with E-state index in [9.17, 15) is 4.79 Å². The Morgan fingerprint density at radius 2 is 1.86 bits per heavy atom. The van der Waals surface area contributed by atoms with Crippen LogP contribution in [0.2, 0.25) is 0 Å². The SMILES string of the molecule is CNCCCOCCCOC(=O)NC. The first-order chi connectivity index (χ1) is 6.81. The van der Waals surface area contributed by atoms with Crippen LogP contribution >= 0.6 is 0 Å². The minimum absolute atomic E-state index is 0.389. The Morgan fingerprint density at radius 3 is 2.50 bits per heavy atom. The third-order valence-electron chi connectivity index (χ3n) is 1.59. The molecule has 0 atom stereocenters. The smallest absolute Gasteiger partial charge is 0.406 e. The van der Waals surface area contributed by atoms with Crippen molar-refractivity contribution in [2.45, 2.75) is 12.8 Å². The molecule has 0 spiro atoms. The van der Waals surface area contributed by atoms with Gasteiger partial charge in [-0.25, -0.2) is 4.79 Å². The fourth-order valence-electron chi connectivity index (χ4n) is 0.851. The molecular formula is C9H20N2O3. The molecule has 0 heterocycles. The molecule has 1 amide bonds. The second kappa shape index (κ2) is 10.3. The number of alkyl carbamates (subject to hydrolysis) is 1. The first-order valence-electron chi connectivity index (χ1n) is 4.88. The molecule has 0 radical (unpaired) electrons. The van der Waals surface area contributed by atoms with Crippen molar-refractivity contribution in [3.63, 3.8) is 0 Å². The van der Waals surface area contributed by atoms with Crippen LogP contribution in [0.25, 0.3) is 0 Å². The molecule has 0 unspecified atom stereocenters. The summed E-state index contributed by atoms with van der Waals surface area (Å²) in [4.78, 5) is 10.6. The van der Waals surface area contributed by atoms with Crippen molar-refractivity contribution in [2.24, 2.45) is 0 Å². The predicted molar refractivity (Wildman–Crippen MR) is 54.4 cm³/mol. The van der Waals surface area contributed by atoms with Crippen LogP contribution in [0, 0.1) is 0 Å². The summed E-state index contributed by atoms with van der Waals surface area (Å²) < 4.78 is 10.1. The third-order valence-corrected chi connectivity index (χ3v) is 1.59. The van der Waals surface area contributed by atoms with Gasteiger partial charge in [-0.3, -0.25) is 0 Å². The molecule has 0 aromatic rings. The minimum Gasteiger partial charge on any atom is -0.449 e. The summed E-state index contributed by atoms with van der Waals surface area (Å²) in [7, 11) is 3.45. The van der Waals surface area contributed by atoms with Gasteiger partial charge in [0, 0.05) is 26.7 Å². The fraction of sp³-hybridized carbons (Fsp3) is 0.889. The van der Waals surface area contributed by atoms with Gasteiger partial charge in [-0.15, -0.1) is 0 Å². The minimum atomic E-state index is -0.389. The molecule has 0 bridgehead atoms. The molecule has 0 saturated heterocycles. The van der Waals surface area contributed by atoms with Gasteiger partial charge >= 0.3 is 6.09 Å². The number of nitrogens with one attached hydrogen (secondary N) is 2. The standard InChI is InChI=1S/C9H20N2O3/c1-10-5-3-6-13-7-4-8-14-9(12)11-2/h10H,3-8H2,1-2H3,(H,11,12). The summed E-state index contributed by atoms with van der Waals surface area (Å²) >= 11 is 0. The zero-order chi connectivity index (χ0) is 10.6. The molecule has 84 valence electrons. The molecule has 14 heavy (non-hydrogen) atoms. The third kappa shape index (κ3) is 9.28. The van der Waals surface area contributed by atoms with Crippen molar-refractivity contribution in [1.82, 2.24) is 10.6 Å². The number of ether oxygens (including phenoxy) is 2. The highest BCUT2D eigenvalue weighted by molar-refractivity contribution is 5.66. The Bertz CT molecular complexity index is 142. The van der Waals surface area contributed by atoms with Crippen LogP contribution in [0.4, 0.5) is 4.79 Å². The zero-order valence-electron chi connectivity index (χ0n) is 8.97. The highest BCUT2D eigenvalue weighted by Gasteiger charge is 1.96. The Morgan fingerprint density at radius 1 is 1.14 bits per heavy atom. The summed E-state index contributed by atoms with van der Waals surface area (Å²) in [5, 5.41) is 5.41. The molecule has 5 nitrogen and oxygen atoms in total.